The Morgan fingerprint density at radius 3 is 2.31 bits per heavy atom. The van der Waals surface area contributed by atoms with Gasteiger partial charge in [0.05, 0.1) is 6.61 Å². The molecule has 1 aliphatic rings. The highest BCUT2D eigenvalue weighted by Crippen LogP contribution is 2.22. The van der Waals surface area contributed by atoms with Gasteiger partial charge in [-0.3, -0.25) is 9.59 Å². The Balaban J connectivity index is 1.52. The van der Waals surface area contributed by atoms with Gasteiger partial charge in [-0.05, 0) is 56.2 Å². The molecule has 2 amide bonds. The lowest BCUT2D eigenvalue weighted by Gasteiger charge is -2.31. The summed E-state index contributed by atoms with van der Waals surface area (Å²) in [7, 11) is 0. The zero-order chi connectivity index (χ0) is 18.4. The van der Waals surface area contributed by atoms with Crippen molar-refractivity contribution in [2.45, 2.75) is 19.8 Å². The minimum atomic E-state index is -0.0559. The molecule has 3 rings (SSSR count). The van der Waals surface area contributed by atoms with E-state index in [-0.39, 0.29) is 17.7 Å². The highest BCUT2D eigenvalue weighted by atomic mass is 16.5. The normalized spacial score (nSPS) is 14.7. The fraction of sp³-hybridized carbons (Fsp3) is 0.333. The molecular formula is C21H24N2O3. The molecule has 0 radical (unpaired) electrons. The Labute approximate surface area is 154 Å². The van der Waals surface area contributed by atoms with Crippen LogP contribution in [0.4, 0.5) is 5.69 Å². The average molecular weight is 352 g/mol. The molecule has 5 nitrogen and oxygen atoms in total. The van der Waals surface area contributed by atoms with Crippen LogP contribution in [0.15, 0.2) is 54.6 Å². The zero-order valence-electron chi connectivity index (χ0n) is 15.0. The number of likely N-dealkylation sites (tertiary alicyclic amines) is 1. The highest BCUT2D eigenvalue weighted by molar-refractivity contribution is 5.95. The van der Waals surface area contributed by atoms with Crippen molar-refractivity contribution >= 4 is 17.5 Å². The van der Waals surface area contributed by atoms with Crippen LogP contribution in [0.1, 0.15) is 30.1 Å². The quantitative estimate of drug-likeness (QED) is 0.895. The van der Waals surface area contributed by atoms with E-state index in [0.29, 0.717) is 38.1 Å². The summed E-state index contributed by atoms with van der Waals surface area (Å²) in [5.74, 6) is 0.749. The van der Waals surface area contributed by atoms with Gasteiger partial charge in [0, 0.05) is 30.3 Å². The molecule has 0 aliphatic carbocycles. The molecule has 0 unspecified atom stereocenters. The van der Waals surface area contributed by atoms with Crippen molar-refractivity contribution in [2.24, 2.45) is 5.92 Å². The minimum Gasteiger partial charge on any atom is -0.494 e. The first-order valence-electron chi connectivity index (χ1n) is 9.05. The van der Waals surface area contributed by atoms with Crippen LogP contribution in [0, 0.1) is 5.92 Å². The van der Waals surface area contributed by atoms with Crippen LogP contribution in [0.5, 0.6) is 5.75 Å². The van der Waals surface area contributed by atoms with Crippen molar-refractivity contribution in [2.75, 3.05) is 25.0 Å². The Bertz CT molecular complexity index is 736. The predicted octanol–water partition coefficient (Wildman–Crippen LogP) is 3.58. The van der Waals surface area contributed by atoms with Crippen molar-refractivity contribution < 1.29 is 14.3 Å². The number of hydrogen-bond donors (Lipinski definition) is 1. The molecule has 26 heavy (non-hydrogen) atoms. The number of anilines is 1. The maximum atomic E-state index is 12.6. The summed E-state index contributed by atoms with van der Waals surface area (Å²) >= 11 is 0. The van der Waals surface area contributed by atoms with Gasteiger partial charge in [0.25, 0.3) is 5.91 Å². The number of nitrogens with zero attached hydrogens (tertiary/aromatic N) is 1. The van der Waals surface area contributed by atoms with Gasteiger partial charge in [0.2, 0.25) is 5.91 Å². The molecule has 0 saturated carbocycles. The van der Waals surface area contributed by atoms with E-state index in [0.717, 1.165) is 11.4 Å². The van der Waals surface area contributed by atoms with E-state index in [2.05, 4.69) is 5.32 Å². The van der Waals surface area contributed by atoms with Gasteiger partial charge in [0.15, 0.2) is 0 Å². The Morgan fingerprint density at radius 2 is 1.69 bits per heavy atom. The van der Waals surface area contributed by atoms with Crippen molar-refractivity contribution in [1.82, 2.24) is 4.90 Å². The van der Waals surface area contributed by atoms with E-state index in [1.807, 2.05) is 54.3 Å². The number of nitrogens with one attached hydrogen (secondary N) is 1. The first-order valence-corrected chi connectivity index (χ1v) is 9.05. The SMILES string of the molecule is CCOc1ccc(C(=O)N2CCC(C(=O)Nc3ccccc3)CC2)cc1. The van der Waals surface area contributed by atoms with Crippen LogP contribution >= 0.6 is 0 Å². The second-order valence-corrected chi connectivity index (χ2v) is 6.38. The Kier molecular flexibility index (Phi) is 5.89. The Hall–Kier alpha value is -2.82. The van der Waals surface area contributed by atoms with Gasteiger partial charge in [-0.25, -0.2) is 0 Å². The molecule has 0 bridgehead atoms. The largest absolute Gasteiger partial charge is 0.494 e. The number of para-hydroxylation sites is 1. The van der Waals surface area contributed by atoms with Crippen LogP contribution in [-0.4, -0.2) is 36.4 Å². The van der Waals surface area contributed by atoms with Gasteiger partial charge in [-0.15, -0.1) is 0 Å². The number of amides is 2. The molecule has 1 N–H and O–H groups in total. The van der Waals surface area contributed by atoms with E-state index in [1.165, 1.54) is 0 Å². The molecule has 2 aromatic rings. The monoisotopic (exact) mass is 352 g/mol. The second kappa shape index (κ2) is 8.52. The number of carbonyl (C=O) groups is 2. The molecule has 0 spiro atoms. The van der Waals surface area contributed by atoms with Crippen molar-refractivity contribution in [3.05, 3.63) is 60.2 Å². The molecule has 1 fully saturated rings. The van der Waals surface area contributed by atoms with E-state index >= 15 is 0 Å². The van der Waals surface area contributed by atoms with E-state index < -0.39 is 0 Å². The second-order valence-electron chi connectivity index (χ2n) is 6.38. The zero-order valence-corrected chi connectivity index (χ0v) is 15.0. The fourth-order valence-corrected chi connectivity index (χ4v) is 3.15. The molecule has 1 heterocycles. The van der Waals surface area contributed by atoms with Crippen LogP contribution < -0.4 is 10.1 Å². The first-order chi connectivity index (χ1) is 12.7. The lowest BCUT2D eigenvalue weighted by molar-refractivity contribution is -0.121. The van der Waals surface area contributed by atoms with Gasteiger partial charge in [-0.1, -0.05) is 18.2 Å². The summed E-state index contributed by atoms with van der Waals surface area (Å²) < 4.78 is 5.41. The third-order valence-corrected chi connectivity index (χ3v) is 4.61. The van der Waals surface area contributed by atoms with Gasteiger partial charge < -0.3 is 15.0 Å². The molecule has 0 atom stereocenters. The molecule has 2 aromatic carbocycles. The fourth-order valence-electron chi connectivity index (χ4n) is 3.15. The predicted molar refractivity (Wildman–Crippen MR) is 101 cm³/mol. The Morgan fingerprint density at radius 1 is 1.04 bits per heavy atom. The molecule has 0 aromatic heterocycles. The number of benzene rings is 2. The average Bonchev–Trinajstić information content (AvgIpc) is 2.69. The van der Waals surface area contributed by atoms with Crippen LogP contribution in [-0.2, 0) is 4.79 Å². The highest BCUT2D eigenvalue weighted by Gasteiger charge is 2.27. The molecule has 5 heteroatoms. The third kappa shape index (κ3) is 4.42. The minimum absolute atomic E-state index is 0.00923. The van der Waals surface area contributed by atoms with Crippen molar-refractivity contribution in [3.8, 4) is 5.75 Å². The summed E-state index contributed by atoms with van der Waals surface area (Å²) in [4.78, 5) is 26.8. The molecule has 1 aliphatic heterocycles. The van der Waals surface area contributed by atoms with Gasteiger partial charge >= 0.3 is 0 Å². The van der Waals surface area contributed by atoms with E-state index in [1.54, 1.807) is 12.1 Å². The topological polar surface area (TPSA) is 58.6 Å². The first kappa shape index (κ1) is 18.0. The van der Waals surface area contributed by atoms with Crippen molar-refractivity contribution in [1.29, 1.82) is 0 Å². The summed E-state index contributed by atoms with van der Waals surface area (Å²) in [5, 5.41) is 2.95. The maximum absolute atomic E-state index is 12.6. The molecular weight excluding hydrogens is 328 g/mol. The number of hydrogen-bond acceptors (Lipinski definition) is 3. The van der Waals surface area contributed by atoms with E-state index in [9.17, 15) is 9.59 Å². The summed E-state index contributed by atoms with van der Waals surface area (Å²) in [6.07, 6.45) is 1.36. The van der Waals surface area contributed by atoms with Crippen LogP contribution in [0.25, 0.3) is 0 Å². The maximum Gasteiger partial charge on any atom is 0.253 e. The standard InChI is InChI=1S/C21H24N2O3/c1-2-26-19-10-8-17(9-11-19)21(25)23-14-12-16(13-15-23)20(24)22-18-6-4-3-5-7-18/h3-11,16H,2,12-15H2,1H3,(H,22,24). The number of piperidine rings is 1. The summed E-state index contributed by atoms with van der Waals surface area (Å²) in [6, 6.07) is 16.7. The smallest absolute Gasteiger partial charge is 0.253 e. The summed E-state index contributed by atoms with van der Waals surface area (Å²) in [5.41, 5.74) is 1.46. The summed E-state index contributed by atoms with van der Waals surface area (Å²) in [6.45, 7) is 3.72. The molecule has 136 valence electrons. The molecule has 1 saturated heterocycles. The van der Waals surface area contributed by atoms with E-state index in [4.69, 9.17) is 4.74 Å². The van der Waals surface area contributed by atoms with Gasteiger partial charge in [0.1, 0.15) is 5.75 Å². The van der Waals surface area contributed by atoms with Gasteiger partial charge in [-0.2, -0.15) is 0 Å². The number of rotatable bonds is 5. The van der Waals surface area contributed by atoms with Crippen LogP contribution in [0.2, 0.25) is 0 Å². The number of ether oxygens (including phenoxy) is 1. The lowest BCUT2D eigenvalue weighted by atomic mass is 9.95. The third-order valence-electron chi connectivity index (χ3n) is 4.61. The lowest BCUT2D eigenvalue weighted by Crippen LogP contribution is -2.41. The van der Waals surface area contributed by atoms with Crippen molar-refractivity contribution in [3.63, 3.8) is 0 Å². The van der Waals surface area contributed by atoms with Crippen LogP contribution in [0.3, 0.4) is 0 Å². The number of carbonyl (C=O) groups excluding carboxylic acids is 2.